The van der Waals surface area contributed by atoms with Gasteiger partial charge in [0.2, 0.25) is 16.3 Å². The molecule has 0 unspecified atom stereocenters. The number of benzene rings is 4. The minimum Gasteiger partial charge on any atom is -0.503 e. The van der Waals surface area contributed by atoms with Crippen LogP contribution in [0.5, 0.6) is 17.2 Å². The lowest BCUT2D eigenvalue weighted by atomic mass is 9.73. The highest BCUT2D eigenvalue weighted by Crippen LogP contribution is 2.47. The van der Waals surface area contributed by atoms with Gasteiger partial charge >= 0.3 is 5.97 Å². The quantitative estimate of drug-likeness (QED) is 0.0678. The zero-order valence-corrected chi connectivity index (χ0v) is 55.1. The molecule has 9 fully saturated rings. The first kappa shape index (κ1) is 70.1. The van der Waals surface area contributed by atoms with Gasteiger partial charge in [0.15, 0.2) is 34.3 Å². The number of aromatic nitrogens is 3. The molecule has 3 atom stereocenters. The van der Waals surface area contributed by atoms with Gasteiger partial charge in [-0.05, 0) is 119 Å². The van der Waals surface area contributed by atoms with Crippen molar-refractivity contribution < 1.29 is 70.0 Å². The number of rotatable bonds is 14. The van der Waals surface area contributed by atoms with Crippen LogP contribution in [-0.4, -0.2) is 112 Å². The van der Waals surface area contributed by atoms with E-state index in [9.17, 15) is 70.2 Å². The first-order valence-corrected chi connectivity index (χ1v) is 34.4. The fourth-order valence-electron chi connectivity index (χ4n) is 16.8. The van der Waals surface area contributed by atoms with E-state index in [0.29, 0.717) is 49.5 Å². The maximum Gasteiger partial charge on any atom is 0.343 e. The zero-order valence-electron chi connectivity index (χ0n) is 55.1. The average Bonchev–Trinajstić information content (AvgIpc) is 0.737. The van der Waals surface area contributed by atoms with Crippen LogP contribution in [0.4, 0.5) is 22.0 Å². The summed E-state index contributed by atoms with van der Waals surface area (Å²) in [5.41, 5.74) is -1.58. The molecule has 6 bridgehead atoms. The van der Waals surface area contributed by atoms with Crippen molar-refractivity contribution >= 4 is 35.5 Å². The Morgan fingerprint density at radius 3 is 1.31 bits per heavy atom. The summed E-state index contributed by atoms with van der Waals surface area (Å²) in [6, 6.07) is 23.3. The van der Waals surface area contributed by atoms with Gasteiger partial charge in [0.25, 0.3) is 29.5 Å². The Bertz CT molecular complexity index is 4640. The van der Waals surface area contributed by atoms with E-state index in [-0.39, 0.29) is 127 Å². The van der Waals surface area contributed by atoms with Gasteiger partial charge < -0.3 is 58.4 Å². The highest BCUT2D eigenvalue weighted by atomic mass is 19.2. The second-order valence-electron chi connectivity index (χ2n) is 27.4. The number of carbonyl (C=O) groups is 6. The second kappa shape index (κ2) is 28.9. The number of carbonyl (C=O) groups excluding carboxylic acids is 6. The minimum atomic E-state index is -1.18. The lowest BCUT2D eigenvalue weighted by Crippen LogP contribution is -2.62. The van der Waals surface area contributed by atoms with Crippen LogP contribution in [0.3, 0.4) is 0 Å². The van der Waals surface area contributed by atoms with Crippen molar-refractivity contribution in [2.45, 2.75) is 174 Å². The van der Waals surface area contributed by atoms with E-state index in [4.69, 9.17) is 14.2 Å². The van der Waals surface area contributed by atoms with Crippen LogP contribution >= 0.6 is 0 Å². The number of esters is 1. The van der Waals surface area contributed by atoms with Gasteiger partial charge in [-0.15, -0.1) is 0 Å². The van der Waals surface area contributed by atoms with E-state index in [2.05, 4.69) is 10.6 Å². The molecule has 3 aliphatic carbocycles. The molecule has 0 radical (unpaired) electrons. The molecular weight excluding hydrogens is 1330 g/mol. The molecule has 4 aromatic carbocycles. The molecule has 12 heterocycles. The normalized spacial score (nSPS) is 22.7. The van der Waals surface area contributed by atoms with Crippen molar-refractivity contribution in [2.24, 2.45) is 17.8 Å². The lowest BCUT2D eigenvalue weighted by Gasteiger charge is -2.54. The van der Waals surface area contributed by atoms with Crippen molar-refractivity contribution in [1.82, 2.24) is 39.0 Å². The summed E-state index contributed by atoms with van der Waals surface area (Å²) in [6.07, 6.45) is 16.2. The van der Waals surface area contributed by atoms with E-state index >= 15 is 0 Å². The minimum absolute atomic E-state index is 0. The third-order valence-electron chi connectivity index (χ3n) is 21.7. The Hall–Kier alpha value is -10.4. The fourth-order valence-corrected chi connectivity index (χ4v) is 16.8. The topological polar surface area (TPSA) is 250 Å². The maximum absolute atomic E-state index is 14.1. The number of nitrogens with zero attached hydrogens (tertiary/aromatic N) is 6. The molecule has 534 valence electrons. The number of nitrogens with one attached hydrogen (secondary N) is 2. The summed E-state index contributed by atoms with van der Waals surface area (Å²) in [6.45, 7) is 2.57. The highest BCUT2D eigenvalue weighted by Gasteiger charge is 2.52. The average molecular weight is 1410 g/mol. The summed E-state index contributed by atoms with van der Waals surface area (Å²) < 4.78 is 89.9. The zero-order chi connectivity index (χ0) is 70.7. The number of amides is 5. The lowest BCUT2D eigenvalue weighted by molar-refractivity contribution is -0.0186. The van der Waals surface area contributed by atoms with Gasteiger partial charge in [-0.25, -0.2) is 26.7 Å². The molecule has 12 aliphatic rings. The molecule has 3 N–H and O–H groups in total. The van der Waals surface area contributed by atoms with Gasteiger partial charge in [0.1, 0.15) is 59.0 Å². The fraction of sp³-hybridized carbons (Fsp3) is 0.408. The van der Waals surface area contributed by atoms with Crippen molar-refractivity contribution in [1.29, 1.82) is 0 Å². The second-order valence-corrected chi connectivity index (χ2v) is 27.4. The van der Waals surface area contributed by atoms with E-state index < -0.39 is 92.5 Å². The summed E-state index contributed by atoms with van der Waals surface area (Å²) in [7, 11) is 0. The van der Waals surface area contributed by atoms with Crippen LogP contribution in [0, 0.1) is 46.8 Å². The summed E-state index contributed by atoms with van der Waals surface area (Å²) in [5.74, 6) is -8.04. The van der Waals surface area contributed by atoms with Gasteiger partial charge in [0, 0.05) is 98.8 Å². The van der Waals surface area contributed by atoms with E-state index in [1.165, 1.54) is 29.2 Å². The molecule has 6 saturated heterocycles. The molecule has 0 spiro atoms. The Morgan fingerprint density at radius 1 is 0.480 bits per heavy atom. The standard InChI is InChI=1S/C29H27F2N3O4.C24H26N2O5.C22H20F3N3O4.CH4/c30-20-9-6-19(23(31)12-20)13-32-28(36)22-14-33-15-24-18-7-10-21(11-8-18)34(24)29(37)25(33)27(26(22)35)38-16-17-4-2-1-3-5-17;1-2-30-24(29)18-12-25-13-19-16-8-10-17(11-9-16)26(19)23(28)20(25)22(21(18)27)31-14-15-6-4-3-5-7-15;23-11-5-15(24)13(16(25)6-11)7-26-21(31)14-8-27-9-17-10-1-3-12(4-2-10)28(17)22(32)18(27)20(30)19(14)29;/h1-6,9,12,14,18,21,24H,7-8,10-11,13,15-16H2,(H,32,36);3-7,12,16-17,19H,2,8-11,13-14H2,1H3;5-6,8,10,12,17,30H,1-4,7,9H2,(H,26,31);1H4/t18?,21?,24-;16?,17?,19-;10?,12?,17-;/m000./s1. The highest BCUT2D eigenvalue weighted by molar-refractivity contribution is 6.01. The van der Waals surface area contributed by atoms with Gasteiger partial charge in [-0.1, -0.05) is 74.2 Å². The number of fused-ring (bicyclic) bond motifs is 9. The monoisotopic (exact) mass is 1400 g/mol. The number of halogens is 5. The third-order valence-corrected chi connectivity index (χ3v) is 21.7. The molecule has 9 aliphatic heterocycles. The smallest absolute Gasteiger partial charge is 0.343 e. The van der Waals surface area contributed by atoms with E-state index in [1.54, 1.807) is 21.0 Å². The Morgan fingerprint density at radius 2 is 0.873 bits per heavy atom. The first-order chi connectivity index (χ1) is 48.7. The number of pyridine rings is 3. The van der Waals surface area contributed by atoms with Crippen LogP contribution in [0.25, 0.3) is 0 Å². The Balaban J connectivity index is 0.000000137. The SMILES string of the molecule is C.CCOC(=O)c1cn2c(c(OCc3ccccc3)c1=O)C(=O)N1C3CCC(CC3)[C@@H]1C2.O=C(NCc1c(F)cc(F)cc1F)c1cn2c(c(O)c1=O)C(=O)N1C3CCC(CC3)[C@@H]1C2.O=C(NCc1ccc(F)cc1F)c1cn2c(c(OCc3ccccc3)c1=O)C(=O)N1C3CCC(CC3)[C@@H]1C2. The first-order valence-electron chi connectivity index (χ1n) is 34.4. The van der Waals surface area contributed by atoms with Gasteiger partial charge in [0.05, 0.1) is 24.7 Å². The summed E-state index contributed by atoms with van der Waals surface area (Å²) in [4.78, 5) is 124. The number of hydrogen-bond donors (Lipinski definition) is 3. The largest absolute Gasteiger partial charge is 0.503 e. The molecule has 5 amide bonds. The summed E-state index contributed by atoms with van der Waals surface area (Å²) >= 11 is 0. The van der Waals surface area contributed by atoms with Crippen LogP contribution < -0.4 is 36.4 Å². The molecule has 102 heavy (non-hydrogen) atoms. The predicted octanol–water partition coefficient (Wildman–Crippen LogP) is 9.97. The molecule has 26 heteroatoms. The van der Waals surface area contributed by atoms with Crippen LogP contribution in [-0.2, 0) is 50.7 Å². The van der Waals surface area contributed by atoms with Crippen molar-refractivity contribution in [3.05, 3.63) is 225 Å². The Kier molecular flexibility index (Phi) is 19.9. The molecule has 21 nitrogen and oxygen atoms in total. The number of ether oxygens (including phenoxy) is 3. The van der Waals surface area contributed by atoms with E-state index in [1.807, 2.05) is 70.5 Å². The molecule has 7 aromatic rings. The molecular formula is C76H77F5N8O13. The van der Waals surface area contributed by atoms with Crippen LogP contribution in [0.2, 0.25) is 0 Å². The number of hydrogen-bond acceptors (Lipinski definition) is 13. The van der Waals surface area contributed by atoms with Crippen molar-refractivity contribution in [3.8, 4) is 17.2 Å². The number of aromatic hydroxyl groups is 1. The van der Waals surface area contributed by atoms with Gasteiger partial charge in [-0.3, -0.25) is 38.4 Å². The summed E-state index contributed by atoms with van der Waals surface area (Å²) in [5, 5.41) is 15.3. The molecule has 19 rings (SSSR count). The molecule has 3 aromatic heterocycles. The van der Waals surface area contributed by atoms with Crippen LogP contribution in [0.15, 0.2) is 124 Å². The van der Waals surface area contributed by atoms with Crippen molar-refractivity contribution in [2.75, 3.05) is 6.61 Å². The van der Waals surface area contributed by atoms with Crippen molar-refractivity contribution in [3.63, 3.8) is 0 Å². The molecule has 3 saturated carbocycles. The van der Waals surface area contributed by atoms with Gasteiger partial charge in [-0.2, -0.15) is 0 Å². The predicted molar refractivity (Wildman–Crippen MR) is 360 cm³/mol. The number of piperidine rings is 6. The Labute approximate surface area is 582 Å². The third kappa shape index (κ3) is 13.1. The maximum atomic E-state index is 14.1. The van der Waals surface area contributed by atoms with Crippen LogP contribution in [0.1, 0.15) is 176 Å². The van der Waals surface area contributed by atoms with E-state index in [0.717, 1.165) is 100 Å².